The molecule has 0 aliphatic rings. The molecule has 0 aliphatic carbocycles. The maximum Gasteiger partial charge on any atom is 0.333 e. The molecular formula is C25H36O4. The van der Waals surface area contributed by atoms with Gasteiger partial charge in [-0.25, -0.2) is 9.59 Å². The van der Waals surface area contributed by atoms with Crippen molar-refractivity contribution in [3.63, 3.8) is 0 Å². The number of benzene rings is 1. The van der Waals surface area contributed by atoms with Gasteiger partial charge >= 0.3 is 11.9 Å². The van der Waals surface area contributed by atoms with Gasteiger partial charge in [-0.05, 0) is 25.8 Å². The molecule has 0 atom stereocenters. The van der Waals surface area contributed by atoms with E-state index in [1.165, 1.54) is 12.7 Å². The summed E-state index contributed by atoms with van der Waals surface area (Å²) >= 11 is 0. The van der Waals surface area contributed by atoms with Crippen LogP contribution in [0.3, 0.4) is 0 Å². The van der Waals surface area contributed by atoms with Gasteiger partial charge in [0.2, 0.25) is 0 Å². The molecule has 0 amide bonds. The quantitative estimate of drug-likeness (QED) is 0.232. The van der Waals surface area contributed by atoms with Crippen molar-refractivity contribution in [2.45, 2.75) is 33.6 Å². The topological polar surface area (TPSA) is 52.6 Å². The van der Waals surface area contributed by atoms with Crippen molar-refractivity contribution in [3.05, 3.63) is 92.1 Å². The predicted molar refractivity (Wildman–Crippen MR) is 124 cm³/mol. The number of hydrogen-bond acceptors (Lipinski definition) is 4. The van der Waals surface area contributed by atoms with Gasteiger partial charge in [0.15, 0.2) is 0 Å². The molecule has 1 aromatic rings. The van der Waals surface area contributed by atoms with Crippen LogP contribution in [0.2, 0.25) is 0 Å². The maximum atomic E-state index is 10.7. The van der Waals surface area contributed by atoms with Gasteiger partial charge < -0.3 is 9.47 Å². The summed E-state index contributed by atoms with van der Waals surface area (Å²) in [7, 11) is 1.33. The predicted octanol–water partition coefficient (Wildman–Crippen LogP) is 6.33. The Morgan fingerprint density at radius 3 is 1.66 bits per heavy atom. The normalized spacial score (nSPS) is 8.00. The molecule has 0 bridgehead atoms. The number of carbonyl (C=O) groups excluding carboxylic acids is 2. The zero-order valence-electron chi connectivity index (χ0n) is 18.4. The van der Waals surface area contributed by atoms with E-state index in [4.69, 9.17) is 4.74 Å². The first kappa shape index (κ1) is 30.6. The fraction of sp³-hybridized carbons (Fsp3) is 0.280. The molecule has 1 aromatic carbocycles. The Bertz CT molecular complexity index is 621. The van der Waals surface area contributed by atoms with Crippen LogP contribution in [0.5, 0.6) is 0 Å². The molecule has 29 heavy (non-hydrogen) atoms. The largest absolute Gasteiger partial charge is 0.466 e. The third-order valence-electron chi connectivity index (χ3n) is 2.82. The molecule has 1 rings (SSSR count). The third kappa shape index (κ3) is 24.9. The first-order chi connectivity index (χ1) is 13.7. The van der Waals surface area contributed by atoms with E-state index in [2.05, 4.69) is 44.6 Å². The lowest BCUT2D eigenvalue weighted by Gasteiger charge is -2.01. The van der Waals surface area contributed by atoms with Crippen molar-refractivity contribution in [3.8, 4) is 0 Å². The van der Waals surface area contributed by atoms with E-state index >= 15 is 0 Å². The molecule has 0 unspecified atom stereocenters. The van der Waals surface area contributed by atoms with E-state index in [0.29, 0.717) is 17.8 Å². The molecule has 0 heterocycles. The zero-order chi connectivity index (χ0) is 23.1. The number of esters is 2. The smallest absolute Gasteiger partial charge is 0.333 e. The minimum absolute atomic E-state index is 0.284. The van der Waals surface area contributed by atoms with E-state index < -0.39 is 0 Å². The minimum Gasteiger partial charge on any atom is -0.466 e. The summed E-state index contributed by atoms with van der Waals surface area (Å²) in [5, 5.41) is 0. The van der Waals surface area contributed by atoms with Crippen molar-refractivity contribution in [1.29, 1.82) is 0 Å². The Morgan fingerprint density at radius 1 is 0.931 bits per heavy atom. The van der Waals surface area contributed by atoms with Crippen molar-refractivity contribution in [1.82, 2.24) is 0 Å². The lowest BCUT2D eigenvalue weighted by atomic mass is 10.2. The molecule has 4 nitrogen and oxygen atoms in total. The highest BCUT2D eigenvalue weighted by Crippen LogP contribution is 1.97. The molecule has 0 aliphatic heterocycles. The van der Waals surface area contributed by atoms with Gasteiger partial charge in [-0.15, -0.1) is 0 Å². The highest BCUT2D eigenvalue weighted by atomic mass is 16.5. The molecule has 0 radical (unpaired) electrons. The van der Waals surface area contributed by atoms with E-state index in [0.717, 1.165) is 12.8 Å². The second-order valence-electron chi connectivity index (χ2n) is 5.63. The summed E-state index contributed by atoms with van der Waals surface area (Å²) < 4.78 is 9.08. The molecule has 0 aromatic heterocycles. The van der Waals surface area contributed by atoms with E-state index in [1.54, 1.807) is 26.0 Å². The van der Waals surface area contributed by atoms with Gasteiger partial charge in [0, 0.05) is 11.1 Å². The number of ether oxygens (including phenoxy) is 2. The first-order valence-electron chi connectivity index (χ1n) is 9.19. The van der Waals surface area contributed by atoms with E-state index in [-0.39, 0.29) is 11.9 Å². The van der Waals surface area contributed by atoms with Crippen LogP contribution in [-0.2, 0) is 19.1 Å². The van der Waals surface area contributed by atoms with Crippen LogP contribution in [0.1, 0.15) is 39.2 Å². The van der Waals surface area contributed by atoms with Gasteiger partial charge in [-0.1, -0.05) is 94.8 Å². The number of rotatable bonds is 7. The second kappa shape index (κ2) is 22.9. The summed E-state index contributed by atoms with van der Waals surface area (Å²) in [6.45, 7) is 23.0. The van der Waals surface area contributed by atoms with Crippen molar-refractivity contribution >= 4 is 18.0 Å². The number of unbranched alkanes of at least 4 members (excludes halogenated alkanes) is 1. The molecule has 0 fully saturated rings. The fourth-order valence-electron chi connectivity index (χ4n) is 1.20. The molecule has 4 heteroatoms. The highest BCUT2D eigenvalue weighted by molar-refractivity contribution is 5.87. The maximum absolute atomic E-state index is 10.7. The molecule has 0 spiro atoms. The third-order valence-corrected chi connectivity index (χ3v) is 2.82. The monoisotopic (exact) mass is 400 g/mol. The number of allylic oxidation sites excluding steroid dienone is 2. The molecule has 0 N–H and O–H groups in total. The number of methoxy groups -OCH3 is 1. The number of carbonyl (C=O) groups is 2. The molecule has 160 valence electrons. The first-order valence-corrected chi connectivity index (χ1v) is 9.19. The molecular weight excluding hydrogens is 364 g/mol. The minimum atomic E-state index is -0.347. The van der Waals surface area contributed by atoms with Crippen LogP contribution in [0.15, 0.2) is 86.5 Å². The summed E-state index contributed by atoms with van der Waals surface area (Å²) in [6.07, 6.45) is 7.09. The lowest BCUT2D eigenvalue weighted by Crippen LogP contribution is -2.05. The standard InChI is InChI=1S/C8H14O2.C8H8.C5H8O2.C4H6/c1-4-5-6-10-8(9)7(2)3;1-2-8-6-4-3-5-7-8;1-4(2)5(6)7-3;1-3-4-2/h2,4-6H2,1,3H3;2-7H,1H2;1H2,2-3H3;3-4H,1-2H2. The van der Waals surface area contributed by atoms with Crippen LogP contribution in [0.25, 0.3) is 6.08 Å². The van der Waals surface area contributed by atoms with Gasteiger partial charge in [0.25, 0.3) is 0 Å². The second-order valence-corrected chi connectivity index (χ2v) is 5.63. The van der Waals surface area contributed by atoms with Crippen LogP contribution in [0.4, 0.5) is 0 Å². The summed E-state index contributed by atoms with van der Waals surface area (Å²) in [6, 6.07) is 10.0. The highest BCUT2D eigenvalue weighted by Gasteiger charge is 2.00. The average Bonchev–Trinajstić information content (AvgIpc) is 2.74. The Balaban J connectivity index is -0.000000324. The van der Waals surface area contributed by atoms with E-state index in [9.17, 15) is 9.59 Å². The lowest BCUT2D eigenvalue weighted by molar-refractivity contribution is -0.139. The van der Waals surface area contributed by atoms with Crippen LogP contribution in [0, 0.1) is 0 Å². The number of hydrogen-bond donors (Lipinski definition) is 0. The molecule has 0 saturated heterocycles. The van der Waals surface area contributed by atoms with Crippen molar-refractivity contribution < 1.29 is 19.1 Å². The SMILES string of the molecule is C=C(C)C(=O)OC.C=C(C)C(=O)OCCCC.C=CC=C.C=Cc1ccccc1. The van der Waals surface area contributed by atoms with Crippen molar-refractivity contribution in [2.24, 2.45) is 0 Å². The van der Waals surface area contributed by atoms with Gasteiger partial charge in [-0.2, -0.15) is 0 Å². The van der Waals surface area contributed by atoms with Crippen LogP contribution in [-0.4, -0.2) is 25.7 Å². The Kier molecular flexibility index (Phi) is 24.2. The fourth-order valence-corrected chi connectivity index (χ4v) is 1.20. The van der Waals surface area contributed by atoms with Crippen LogP contribution >= 0.6 is 0 Å². The van der Waals surface area contributed by atoms with Crippen molar-refractivity contribution in [2.75, 3.05) is 13.7 Å². The van der Waals surface area contributed by atoms with Gasteiger partial charge in [0.05, 0.1) is 13.7 Å². The van der Waals surface area contributed by atoms with E-state index in [1.807, 2.05) is 36.4 Å². The Labute approximate surface area is 176 Å². The summed E-state index contributed by atoms with van der Waals surface area (Å²) in [4.78, 5) is 20.9. The zero-order valence-corrected chi connectivity index (χ0v) is 18.4. The Hall–Kier alpha value is -3.14. The van der Waals surface area contributed by atoms with Crippen LogP contribution < -0.4 is 0 Å². The summed E-state index contributed by atoms with van der Waals surface area (Å²) in [5.41, 5.74) is 2.08. The van der Waals surface area contributed by atoms with Gasteiger partial charge in [0.1, 0.15) is 0 Å². The summed E-state index contributed by atoms with van der Waals surface area (Å²) in [5.74, 6) is -0.631. The molecule has 0 saturated carbocycles. The van der Waals surface area contributed by atoms with Gasteiger partial charge in [-0.3, -0.25) is 0 Å². The average molecular weight is 401 g/mol. The Morgan fingerprint density at radius 2 is 1.41 bits per heavy atom.